The molecule has 1 heterocycles. The number of benzene rings is 1. The van der Waals surface area contributed by atoms with E-state index in [-0.39, 0.29) is 23.8 Å². The normalized spacial score (nSPS) is 24.1. The maximum absolute atomic E-state index is 12.9. The summed E-state index contributed by atoms with van der Waals surface area (Å²) < 4.78 is 0. The number of nitrogens with zero attached hydrogens (tertiary/aromatic N) is 2. The van der Waals surface area contributed by atoms with Gasteiger partial charge in [0.25, 0.3) is 0 Å². The molecule has 0 spiro atoms. The SMILES string of the molecule is O=C1CN(C(=O)C2(c3ccccc3)CC2)CCN1C1CC1. The van der Waals surface area contributed by atoms with Crippen LogP contribution in [0.5, 0.6) is 0 Å². The zero-order valence-corrected chi connectivity index (χ0v) is 12.1. The Morgan fingerprint density at radius 2 is 1.81 bits per heavy atom. The molecule has 1 aromatic carbocycles. The van der Waals surface area contributed by atoms with E-state index in [1.807, 2.05) is 35.2 Å². The second kappa shape index (κ2) is 4.58. The van der Waals surface area contributed by atoms with Crippen LogP contribution >= 0.6 is 0 Å². The number of hydrogen-bond acceptors (Lipinski definition) is 2. The van der Waals surface area contributed by atoms with Gasteiger partial charge >= 0.3 is 0 Å². The number of carbonyl (C=O) groups is 2. The summed E-state index contributed by atoms with van der Waals surface area (Å²) in [5, 5.41) is 0. The van der Waals surface area contributed by atoms with Crippen LogP contribution in [0.25, 0.3) is 0 Å². The molecule has 0 atom stereocenters. The fourth-order valence-electron chi connectivity index (χ4n) is 3.44. The monoisotopic (exact) mass is 284 g/mol. The Balaban J connectivity index is 1.49. The molecule has 2 aliphatic carbocycles. The van der Waals surface area contributed by atoms with E-state index >= 15 is 0 Å². The lowest BCUT2D eigenvalue weighted by atomic mass is 9.94. The summed E-state index contributed by atoms with van der Waals surface area (Å²) in [6.07, 6.45) is 4.08. The maximum Gasteiger partial charge on any atom is 0.242 e. The van der Waals surface area contributed by atoms with Gasteiger partial charge in [-0.3, -0.25) is 9.59 Å². The molecule has 3 fully saturated rings. The summed E-state index contributed by atoms with van der Waals surface area (Å²) in [6.45, 7) is 1.67. The lowest BCUT2D eigenvalue weighted by molar-refractivity contribution is -0.147. The van der Waals surface area contributed by atoms with Crippen LogP contribution in [0.15, 0.2) is 30.3 Å². The summed E-state index contributed by atoms with van der Waals surface area (Å²) in [6, 6.07) is 10.5. The van der Waals surface area contributed by atoms with Gasteiger partial charge in [-0.15, -0.1) is 0 Å². The van der Waals surface area contributed by atoms with E-state index in [2.05, 4.69) is 0 Å². The van der Waals surface area contributed by atoms with Gasteiger partial charge in [0, 0.05) is 19.1 Å². The van der Waals surface area contributed by atoms with E-state index in [0.29, 0.717) is 19.1 Å². The zero-order chi connectivity index (χ0) is 14.4. The highest BCUT2D eigenvalue weighted by atomic mass is 16.2. The van der Waals surface area contributed by atoms with Crippen molar-refractivity contribution in [1.29, 1.82) is 0 Å². The molecule has 0 aromatic heterocycles. The van der Waals surface area contributed by atoms with Crippen molar-refractivity contribution >= 4 is 11.8 Å². The second-order valence-electron chi connectivity index (χ2n) is 6.49. The molecule has 0 unspecified atom stereocenters. The number of amides is 2. The molecule has 1 saturated heterocycles. The minimum atomic E-state index is -0.344. The molecule has 0 bridgehead atoms. The van der Waals surface area contributed by atoms with Crippen LogP contribution in [0.1, 0.15) is 31.2 Å². The van der Waals surface area contributed by atoms with Crippen LogP contribution in [0.3, 0.4) is 0 Å². The minimum Gasteiger partial charge on any atom is -0.336 e. The summed E-state index contributed by atoms with van der Waals surface area (Å²) in [5.41, 5.74) is 0.760. The third-order valence-electron chi connectivity index (χ3n) is 5.02. The molecule has 4 nitrogen and oxygen atoms in total. The first kappa shape index (κ1) is 12.9. The first-order chi connectivity index (χ1) is 10.2. The molecule has 4 rings (SSSR count). The van der Waals surface area contributed by atoms with Crippen LogP contribution in [0.2, 0.25) is 0 Å². The molecule has 1 aromatic rings. The molecule has 4 heteroatoms. The van der Waals surface area contributed by atoms with Crippen molar-refractivity contribution in [2.24, 2.45) is 0 Å². The van der Waals surface area contributed by atoms with E-state index in [9.17, 15) is 9.59 Å². The summed E-state index contributed by atoms with van der Waals surface area (Å²) in [4.78, 5) is 28.8. The number of rotatable bonds is 3. The third-order valence-corrected chi connectivity index (χ3v) is 5.02. The summed E-state index contributed by atoms with van der Waals surface area (Å²) in [7, 11) is 0. The van der Waals surface area contributed by atoms with Gasteiger partial charge in [0.1, 0.15) is 0 Å². The highest BCUT2D eigenvalue weighted by Gasteiger charge is 2.53. The van der Waals surface area contributed by atoms with Gasteiger partial charge in [0.05, 0.1) is 12.0 Å². The van der Waals surface area contributed by atoms with Gasteiger partial charge < -0.3 is 9.80 Å². The smallest absolute Gasteiger partial charge is 0.242 e. The molecular weight excluding hydrogens is 264 g/mol. The van der Waals surface area contributed by atoms with Crippen molar-refractivity contribution in [3.8, 4) is 0 Å². The van der Waals surface area contributed by atoms with Gasteiger partial charge in [-0.2, -0.15) is 0 Å². The van der Waals surface area contributed by atoms with E-state index in [1.54, 1.807) is 4.90 Å². The lowest BCUT2D eigenvalue weighted by Gasteiger charge is -2.36. The van der Waals surface area contributed by atoms with Crippen molar-refractivity contribution < 1.29 is 9.59 Å². The molecule has 0 N–H and O–H groups in total. The van der Waals surface area contributed by atoms with Crippen LogP contribution in [0, 0.1) is 0 Å². The highest BCUT2D eigenvalue weighted by molar-refractivity contribution is 5.94. The molecule has 1 aliphatic heterocycles. The van der Waals surface area contributed by atoms with Crippen LogP contribution < -0.4 is 0 Å². The Labute approximate surface area is 124 Å². The highest BCUT2D eigenvalue weighted by Crippen LogP contribution is 2.49. The van der Waals surface area contributed by atoms with E-state index in [1.165, 1.54) is 0 Å². The van der Waals surface area contributed by atoms with Crippen molar-refractivity contribution in [3.63, 3.8) is 0 Å². The van der Waals surface area contributed by atoms with Crippen LogP contribution in [0.4, 0.5) is 0 Å². The van der Waals surface area contributed by atoms with Crippen LogP contribution in [-0.4, -0.2) is 47.3 Å². The number of hydrogen-bond donors (Lipinski definition) is 0. The lowest BCUT2D eigenvalue weighted by Crippen LogP contribution is -2.55. The molecule has 110 valence electrons. The standard InChI is InChI=1S/C17H20N2O2/c20-15-12-18(10-11-19(15)14-6-7-14)16(21)17(8-9-17)13-4-2-1-3-5-13/h1-5,14H,6-12H2. The van der Waals surface area contributed by atoms with Gasteiger partial charge in [0.15, 0.2) is 0 Å². The Kier molecular flexibility index (Phi) is 2.81. The molecule has 21 heavy (non-hydrogen) atoms. The molecular formula is C17H20N2O2. The van der Waals surface area contributed by atoms with E-state index in [4.69, 9.17) is 0 Å². The van der Waals surface area contributed by atoms with Crippen molar-refractivity contribution in [2.75, 3.05) is 19.6 Å². The van der Waals surface area contributed by atoms with E-state index in [0.717, 1.165) is 31.2 Å². The summed E-state index contributed by atoms with van der Waals surface area (Å²) in [5.74, 6) is 0.276. The fraction of sp³-hybridized carbons (Fsp3) is 0.529. The predicted octanol–water partition coefficient (Wildman–Crippen LogP) is 1.55. The van der Waals surface area contributed by atoms with Crippen LogP contribution in [-0.2, 0) is 15.0 Å². The average molecular weight is 284 g/mol. The third kappa shape index (κ3) is 2.13. The van der Waals surface area contributed by atoms with Crippen molar-refractivity contribution in [2.45, 2.75) is 37.1 Å². The first-order valence-corrected chi connectivity index (χ1v) is 7.85. The predicted molar refractivity (Wildman–Crippen MR) is 78.7 cm³/mol. The topological polar surface area (TPSA) is 40.6 Å². The zero-order valence-electron chi connectivity index (χ0n) is 12.1. The Bertz CT molecular complexity index is 576. The molecule has 0 radical (unpaired) electrons. The average Bonchev–Trinajstić information content (AvgIpc) is 3.40. The van der Waals surface area contributed by atoms with E-state index < -0.39 is 0 Å². The Hall–Kier alpha value is -1.84. The molecule has 2 saturated carbocycles. The number of carbonyl (C=O) groups excluding carboxylic acids is 2. The van der Waals surface area contributed by atoms with Gasteiger partial charge in [-0.05, 0) is 31.2 Å². The van der Waals surface area contributed by atoms with Crippen molar-refractivity contribution in [3.05, 3.63) is 35.9 Å². The van der Waals surface area contributed by atoms with Gasteiger partial charge in [-0.25, -0.2) is 0 Å². The Morgan fingerprint density at radius 3 is 2.38 bits per heavy atom. The fourth-order valence-corrected chi connectivity index (χ4v) is 3.44. The van der Waals surface area contributed by atoms with Crippen molar-refractivity contribution in [1.82, 2.24) is 9.80 Å². The van der Waals surface area contributed by atoms with Gasteiger partial charge in [0.2, 0.25) is 11.8 Å². The quantitative estimate of drug-likeness (QED) is 0.845. The summed E-state index contributed by atoms with van der Waals surface area (Å²) >= 11 is 0. The number of piperazine rings is 1. The largest absolute Gasteiger partial charge is 0.336 e. The molecule has 2 amide bonds. The molecule has 3 aliphatic rings. The minimum absolute atomic E-state index is 0.126. The first-order valence-electron chi connectivity index (χ1n) is 7.85. The van der Waals surface area contributed by atoms with Gasteiger partial charge in [-0.1, -0.05) is 30.3 Å². The Morgan fingerprint density at radius 1 is 1.10 bits per heavy atom. The second-order valence-corrected chi connectivity index (χ2v) is 6.49. The maximum atomic E-state index is 12.9.